The van der Waals surface area contributed by atoms with Crippen LogP contribution < -0.4 is 0 Å². The molecule has 4 rings (SSSR count). The molecule has 1 aromatic heterocycles. The molecule has 0 saturated heterocycles. The van der Waals surface area contributed by atoms with E-state index in [-0.39, 0.29) is 0 Å². The molecule has 0 fully saturated rings. The Morgan fingerprint density at radius 3 is 2.46 bits per heavy atom. The second-order valence-corrected chi connectivity index (χ2v) is 6.52. The minimum atomic E-state index is 0.352. The van der Waals surface area contributed by atoms with E-state index in [0.717, 1.165) is 6.54 Å². The molecular weight excluding hydrogens is 292 g/mol. The zero-order valence-corrected chi connectivity index (χ0v) is 14.2. The molecule has 0 aliphatic carbocycles. The van der Waals surface area contributed by atoms with Gasteiger partial charge >= 0.3 is 0 Å². The van der Waals surface area contributed by atoms with E-state index in [1.165, 1.54) is 32.8 Å². The van der Waals surface area contributed by atoms with Crippen molar-refractivity contribution in [3.8, 4) is 0 Å². The summed E-state index contributed by atoms with van der Waals surface area (Å²) in [6.45, 7) is 3.21. The lowest BCUT2D eigenvalue weighted by Gasteiger charge is -2.26. The highest BCUT2D eigenvalue weighted by Gasteiger charge is 2.15. The number of fused-ring (bicyclic) bond motifs is 2. The molecule has 1 atom stereocenters. The standard InChI is InChI=1S/C22H22N2/c1-16(19-12-7-9-17-8-3-4-10-20(17)19)24(2)15-18-14-23-22-13-6-5-11-21(18)22/h3-14,16,23H,15H2,1-2H3/t16-/m1/s1. The molecule has 120 valence electrons. The number of hydrogen-bond acceptors (Lipinski definition) is 1. The molecule has 2 heteroatoms. The molecule has 1 heterocycles. The maximum Gasteiger partial charge on any atom is 0.0457 e. The van der Waals surface area contributed by atoms with Crippen molar-refractivity contribution in [1.29, 1.82) is 0 Å². The average Bonchev–Trinajstić information content (AvgIpc) is 3.03. The third kappa shape index (κ3) is 2.59. The molecule has 1 N–H and O–H groups in total. The highest BCUT2D eigenvalue weighted by Crippen LogP contribution is 2.29. The molecule has 0 saturated carbocycles. The monoisotopic (exact) mass is 314 g/mol. The van der Waals surface area contributed by atoms with Crippen molar-refractivity contribution in [3.05, 3.63) is 84.1 Å². The lowest BCUT2D eigenvalue weighted by molar-refractivity contribution is 0.255. The van der Waals surface area contributed by atoms with Gasteiger partial charge in [0.2, 0.25) is 0 Å². The van der Waals surface area contributed by atoms with Gasteiger partial charge in [-0.05, 0) is 41.9 Å². The predicted octanol–water partition coefficient (Wildman–Crippen LogP) is 5.51. The fourth-order valence-corrected chi connectivity index (χ4v) is 3.52. The number of para-hydroxylation sites is 1. The number of rotatable bonds is 4. The normalized spacial score (nSPS) is 13.0. The number of benzene rings is 3. The Hall–Kier alpha value is -2.58. The maximum atomic E-state index is 3.38. The van der Waals surface area contributed by atoms with Crippen LogP contribution in [0.15, 0.2) is 72.9 Å². The maximum absolute atomic E-state index is 3.38. The SMILES string of the molecule is C[C@H](c1cccc2ccccc12)N(C)Cc1c[nH]c2ccccc12. The lowest BCUT2D eigenvalue weighted by atomic mass is 9.98. The highest BCUT2D eigenvalue weighted by atomic mass is 15.1. The van der Waals surface area contributed by atoms with Gasteiger partial charge < -0.3 is 4.98 Å². The Morgan fingerprint density at radius 1 is 0.875 bits per heavy atom. The summed E-state index contributed by atoms with van der Waals surface area (Å²) in [6.07, 6.45) is 2.14. The number of H-pyrrole nitrogens is 1. The molecule has 0 amide bonds. The summed E-state index contributed by atoms with van der Waals surface area (Å²) in [7, 11) is 2.20. The fraction of sp³-hybridized carbons (Fsp3) is 0.182. The smallest absolute Gasteiger partial charge is 0.0457 e. The topological polar surface area (TPSA) is 19.0 Å². The summed E-state index contributed by atoms with van der Waals surface area (Å²) in [5.41, 5.74) is 3.94. The Bertz CT molecular complexity index is 978. The van der Waals surface area contributed by atoms with E-state index < -0.39 is 0 Å². The van der Waals surface area contributed by atoms with Gasteiger partial charge in [0.15, 0.2) is 0 Å². The van der Waals surface area contributed by atoms with Crippen molar-refractivity contribution < 1.29 is 0 Å². The fourth-order valence-electron chi connectivity index (χ4n) is 3.52. The largest absolute Gasteiger partial charge is 0.361 e. The van der Waals surface area contributed by atoms with Crippen molar-refractivity contribution in [2.24, 2.45) is 0 Å². The molecule has 0 bridgehead atoms. The van der Waals surface area contributed by atoms with E-state index >= 15 is 0 Å². The van der Waals surface area contributed by atoms with Crippen LogP contribution in [-0.4, -0.2) is 16.9 Å². The zero-order valence-electron chi connectivity index (χ0n) is 14.2. The van der Waals surface area contributed by atoms with Crippen LogP contribution in [0.1, 0.15) is 24.1 Å². The lowest BCUT2D eigenvalue weighted by Crippen LogP contribution is -2.22. The van der Waals surface area contributed by atoms with Gasteiger partial charge in [-0.1, -0.05) is 60.7 Å². The van der Waals surface area contributed by atoms with Crippen molar-refractivity contribution in [2.45, 2.75) is 19.5 Å². The van der Waals surface area contributed by atoms with Crippen LogP contribution in [0.3, 0.4) is 0 Å². The van der Waals surface area contributed by atoms with E-state index in [1.54, 1.807) is 0 Å². The number of hydrogen-bond donors (Lipinski definition) is 1. The molecule has 0 spiro atoms. The average molecular weight is 314 g/mol. The molecular formula is C22H22N2. The molecule has 0 radical (unpaired) electrons. The van der Waals surface area contributed by atoms with Crippen LogP contribution in [0.5, 0.6) is 0 Å². The Kier molecular flexibility index (Phi) is 3.83. The molecule has 4 aromatic rings. The number of nitrogens with one attached hydrogen (secondary N) is 1. The van der Waals surface area contributed by atoms with Crippen LogP contribution in [0, 0.1) is 0 Å². The summed E-state index contributed by atoms with van der Waals surface area (Å²) < 4.78 is 0. The van der Waals surface area contributed by atoms with Crippen molar-refractivity contribution in [3.63, 3.8) is 0 Å². The summed E-state index contributed by atoms with van der Waals surface area (Å²) in [6, 6.07) is 24.1. The van der Waals surface area contributed by atoms with Crippen LogP contribution in [0.2, 0.25) is 0 Å². The zero-order chi connectivity index (χ0) is 16.5. The third-order valence-corrected chi connectivity index (χ3v) is 5.03. The molecule has 24 heavy (non-hydrogen) atoms. The van der Waals surface area contributed by atoms with Crippen LogP contribution in [0.25, 0.3) is 21.7 Å². The molecule has 0 aliphatic rings. The summed E-state index contributed by atoms with van der Waals surface area (Å²) >= 11 is 0. The van der Waals surface area contributed by atoms with Gasteiger partial charge in [-0.3, -0.25) is 4.90 Å². The molecule has 2 nitrogen and oxygen atoms in total. The van der Waals surface area contributed by atoms with Gasteiger partial charge in [0.05, 0.1) is 0 Å². The van der Waals surface area contributed by atoms with E-state index in [4.69, 9.17) is 0 Å². The van der Waals surface area contributed by atoms with Gasteiger partial charge in [0, 0.05) is 29.7 Å². The van der Waals surface area contributed by atoms with Crippen molar-refractivity contribution in [2.75, 3.05) is 7.05 Å². The van der Waals surface area contributed by atoms with Gasteiger partial charge in [0.25, 0.3) is 0 Å². The first-order valence-electron chi connectivity index (χ1n) is 8.47. The Balaban J connectivity index is 1.65. The minimum absolute atomic E-state index is 0.352. The number of nitrogens with zero attached hydrogens (tertiary/aromatic N) is 1. The second kappa shape index (κ2) is 6.14. The highest BCUT2D eigenvalue weighted by molar-refractivity contribution is 5.86. The first-order chi connectivity index (χ1) is 11.7. The van der Waals surface area contributed by atoms with Gasteiger partial charge in [-0.2, -0.15) is 0 Å². The quantitative estimate of drug-likeness (QED) is 0.526. The first-order valence-corrected chi connectivity index (χ1v) is 8.47. The van der Waals surface area contributed by atoms with Crippen LogP contribution >= 0.6 is 0 Å². The Morgan fingerprint density at radius 2 is 1.58 bits per heavy atom. The van der Waals surface area contributed by atoms with Crippen molar-refractivity contribution in [1.82, 2.24) is 9.88 Å². The van der Waals surface area contributed by atoms with Crippen LogP contribution in [-0.2, 0) is 6.54 Å². The van der Waals surface area contributed by atoms with E-state index in [0.29, 0.717) is 6.04 Å². The first kappa shape index (κ1) is 15.0. The number of aromatic amines is 1. The van der Waals surface area contributed by atoms with Crippen molar-refractivity contribution >= 4 is 21.7 Å². The van der Waals surface area contributed by atoms with E-state index in [9.17, 15) is 0 Å². The summed E-state index contributed by atoms with van der Waals surface area (Å²) in [5, 5.41) is 3.97. The predicted molar refractivity (Wildman–Crippen MR) is 102 cm³/mol. The minimum Gasteiger partial charge on any atom is -0.361 e. The van der Waals surface area contributed by atoms with E-state index in [2.05, 4.69) is 96.8 Å². The molecule has 0 unspecified atom stereocenters. The summed E-state index contributed by atoms with van der Waals surface area (Å²) in [5.74, 6) is 0. The third-order valence-electron chi connectivity index (χ3n) is 5.03. The van der Waals surface area contributed by atoms with Gasteiger partial charge in [-0.25, -0.2) is 0 Å². The number of aromatic nitrogens is 1. The van der Waals surface area contributed by atoms with Gasteiger partial charge in [0.1, 0.15) is 0 Å². The summed E-state index contributed by atoms with van der Waals surface area (Å²) in [4.78, 5) is 5.79. The van der Waals surface area contributed by atoms with Crippen LogP contribution in [0.4, 0.5) is 0 Å². The second-order valence-electron chi connectivity index (χ2n) is 6.52. The van der Waals surface area contributed by atoms with E-state index in [1.807, 2.05) is 0 Å². The molecule has 0 aliphatic heterocycles. The van der Waals surface area contributed by atoms with Gasteiger partial charge in [-0.15, -0.1) is 0 Å². The Labute approximate surface area is 142 Å². The molecule has 3 aromatic carbocycles.